The first-order valence-electron chi connectivity index (χ1n) is 7.03. The highest BCUT2D eigenvalue weighted by Crippen LogP contribution is 2.21. The summed E-state index contributed by atoms with van der Waals surface area (Å²) in [5.41, 5.74) is 0.534. The summed E-state index contributed by atoms with van der Waals surface area (Å²) in [5, 5.41) is 13.7. The van der Waals surface area contributed by atoms with Gasteiger partial charge in [-0.1, -0.05) is 34.6 Å². The molecule has 5 heteroatoms. The molecule has 1 aromatic rings. The Balaban J connectivity index is 2.66. The van der Waals surface area contributed by atoms with Crippen LogP contribution in [0.15, 0.2) is 0 Å². The monoisotopic (exact) mass is 298 g/mol. The molecule has 4 nitrogen and oxygen atoms in total. The van der Waals surface area contributed by atoms with Crippen LogP contribution in [0.2, 0.25) is 0 Å². The molecule has 0 saturated carbocycles. The van der Waals surface area contributed by atoms with Crippen LogP contribution in [-0.2, 0) is 6.42 Å². The Morgan fingerprint density at radius 1 is 1.40 bits per heavy atom. The topological polar surface area (TPSA) is 62.2 Å². The van der Waals surface area contributed by atoms with Crippen LogP contribution in [0.5, 0.6) is 0 Å². The highest BCUT2D eigenvalue weighted by molar-refractivity contribution is 7.13. The minimum Gasteiger partial charge on any atom is -0.391 e. The van der Waals surface area contributed by atoms with Gasteiger partial charge in [-0.3, -0.25) is 4.79 Å². The fourth-order valence-electron chi connectivity index (χ4n) is 1.68. The molecule has 1 atom stereocenters. The smallest absolute Gasteiger partial charge is 0.263 e. The molecule has 1 aromatic heterocycles. The molecule has 0 aliphatic heterocycles. The van der Waals surface area contributed by atoms with Gasteiger partial charge >= 0.3 is 0 Å². The minimum absolute atomic E-state index is 0.140. The van der Waals surface area contributed by atoms with Gasteiger partial charge in [0.05, 0.1) is 16.8 Å². The summed E-state index contributed by atoms with van der Waals surface area (Å²) in [4.78, 5) is 17.2. The maximum atomic E-state index is 12.1. The number of hydrogen-bond acceptors (Lipinski definition) is 4. The molecule has 0 aliphatic carbocycles. The van der Waals surface area contributed by atoms with Crippen LogP contribution in [0.3, 0.4) is 0 Å². The van der Waals surface area contributed by atoms with Gasteiger partial charge in [-0.2, -0.15) is 0 Å². The van der Waals surface area contributed by atoms with Crippen molar-refractivity contribution in [2.24, 2.45) is 11.3 Å². The Hall–Kier alpha value is -0.940. The van der Waals surface area contributed by atoms with Crippen molar-refractivity contribution in [1.82, 2.24) is 10.3 Å². The summed E-state index contributed by atoms with van der Waals surface area (Å²) in [6, 6.07) is 0. The van der Waals surface area contributed by atoms with Gasteiger partial charge in [-0.15, -0.1) is 11.3 Å². The Morgan fingerprint density at radius 2 is 2.00 bits per heavy atom. The number of aliphatic hydroxyl groups is 1. The van der Waals surface area contributed by atoms with Gasteiger partial charge in [-0.05, 0) is 18.3 Å². The quantitative estimate of drug-likeness (QED) is 0.878. The number of thiazole rings is 1. The second-order valence-corrected chi connectivity index (χ2v) is 7.80. The van der Waals surface area contributed by atoms with E-state index in [-0.39, 0.29) is 17.9 Å². The van der Waals surface area contributed by atoms with Crippen LogP contribution in [0.4, 0.5) is 0 Å². The summed E-state index contributed by atoms with van der Waals surface area (Å²) >= 11 is 1.45. The highest BCUT2D eigenvalue weighted by atomic mass is 32.1. The van der Waals surface area contributed by atoms with Gasteiger partial charge in [0.15, 0.2) is 0 Å². The number of carbonyl (C=O) groups is 1. The van der Waals surface area contributed by atoms with Crippen LogP contribution >= 0.6 is 11.3 Å². The first-order chi connectivity index (χ1) is 9.11. The maximum absolute atomic E-state index is 12.1. The molecule has 0 bridgehead atoms. The van der Waals surface area contributed by atoms with Crippen molar-refractivity contribution in [3.63, 3.8) is 0 Å². The van der Waals surface area contributed by atoms with Gasteiger partial charge in [-0.25, -0.2) is 4.98 Å². The van der Waals surface area contributed by atoms with Crippen molar-refractivity contribution in [3.8, 4) is 0 Å². The van der Waals surface area contributed by atoms with Crippen molar-refractivity contribution in [2.75, 3.05) is 6.54 Å². The molecular formula is C15H26N2O2S. The zero-order valence-corrected chi connectivity index (χ0v) is 14.1. The molecule has 0 fully saturated rings. The van der Waals surface area contributed by atoms with E-state index in [2.05, 4.69) is 24.1 Å². The molecule has 114 valence electrons. The number of hydrogen-bond donors (Lipinski definition) is 2. The average Bonchev–Trinajstić information content (AvgIpc) is 2.64. The van der Waals surface area contributed by atoms with Crippen LogP contribution in [0.25, 0.3) is 0 Å². The van der Waals surface area contributed by atoms with Gasteiger partial charge in [0.2, 0.25) is 0 Å². The Labute approximate surface area is 125 Å². The lowest BCUT2D eigenvalue weighted by Crippen LogP contribution is -2.39. The second-order valence-electron chi connectivity index (χ2n) is 6.71. The fraction of sp³-hybridized carbons (Fsp3) is 0.733. The lowest BCUT2D eigenvalue weighted by atomic mass is 9.89. The summed E-state index contributed by atoms with van der Waals surface area (Å²) in [6.07, 6.45) is 0.332. The van der Waals surface area contributed by atoms with Crippen LogP contribution in [-0.4, -0.2) is 28.6 Å². The molecule has 1 unspecified atom stereocenters. The molecule has 0 spiro atoms. The number of amides is 1. The fourth-order valence-corrected chi connectivity index (χ4v) is 2.87. The summed E-state index contributed by atoms with van der Waals surface area (Å²) in [6.45, 7) is 12.2. The van der Waals surface area contributed by atoms with E-state index in [9.17, 15) is 9.90 Å². The SMILES string of the molecule is Cc1nc(CC(C)C)sc1C(=O)NCC(O)C(C)(C)C. The van der Waals surface area contributed by atoms with Crippen molar-refractivity contribution >= 4 is 17.2 Å². The molecule has 0 radical (unpaired) electrons. The second kappa shape index (κ2) is 6.68. The molecule has 0 aromatic carbocycles. The molecule has 0 saturated heterocycles. The normalized spacial score (nSPS) is 13.6. The Kier molecular flexibility index (Phi) is 5.71. The molecule has 0 aliphatic rings. The lowest BCUT2D eigenvalue weighted by molar-refractivity contribution is 0.0588. The van der Waals surface area contributed by atoms with Crippen molar-refractivity contribution in [2.45, 2.75) is 54.1 Å². The van der Waals surface area contributed by atoms with Crippen LogP contribution in [0.1, 0.15) is 55.0 Å². The zero-order chi connectivity index (χ0) is 15.5. The summed E-state index contributed by atoms with van der Waals surface area (Å²) < 4.78 is 0. The van der Waals surface area contributed by atoms with E-state index in [1.165, 1.54) is 11.3 Å². The first-order valence-corrected chi connectivity index (χ1v) is 7.85. The standard InChI is InChI=1S/C15H26N2O2S/c1-9(2)7-12-17-10(3)13(20-12)14(19)16-8-11(18)15(4,5)6/h9,11,18H,7-8H2,1-6H3,(H,16,19). The van der Waals surface area contributed by atoms with Gasteiger partial charge in [0.1, 0.15) is 4.88 Å². The van der Waals surface area contributed by atoms with E-state index >= 15 is 0 Å². The van der Waals surface area contributed by atoms with Crippen LogP contribution < -0.4 is 5.32 Å². The third-order valence-electron chi connectivity index (χ3n) is 3.09. The molecule has 1 amide bonds. The number of nitrogens with one attached hydrogen (secondary N) is 1. The number of carbonyl (C=O) groups excluding carboxylic acids is 1. The summed E-state index contributed by atoms with van der Waals surface area (Å²) in [7, 11) is 0. The van der Waals surface area contributed by atoms with E-state index in [1.807, 2.05) is 27.7 Å². The number of rotatable bonds is 5. The molecule has 1 rings (SSSR count). The third-order valence-corrected chi connectivity index (χ3v) is 4.26. The lowest BCUT2D eigenvalue weighted by Gasteiger charge is -2.25. The molecule has 20 heavy (non-hydrogen) atoms. The van der Waals surface area contributed by atoms with E-state index in [1.54, 1.807) is 0 Å². The van der Waals surface area contributed by atoms with Gasteiger partial charge in [0.25, 0.3) is 5.91 Å². The van der Waals surface area contributed by atoms with Crippen LogP contribution in [0, 0.1) is 18.3 Å². The Morgan fingerprint density at radius 3 is 2.50 bits per heavy atom. The number of aliphatic hydroxyl groups excluding tert-OH is 1. The molecule has 2 N–H and O–H groups in total. The molecular weight excluding hydrogens is 272 g/mol. The van der Waals surface area contributed by atoms with E-state index in [4.69, 9.17) is 0 Å². The van der Waals surface area contributed by atoms with Crippen molar-refractivity contribution < 1.29 is 9.90 Å². The van der Waals surface area contributed by atoms with E-state index in [0.29, 0.717) is 10.8 Å². The summed E-state index contributed by atoms with van der Waals surface area (Å²) in [5.74, 6) is 0.387. The minimum atomic E-state index is -0.560. The predicted molar refractivity (Wildman–Crippen MR) is 83.2 cm³/mol. The average molecular weight is 298 g/mol. The number of nitrogens with zero attached hydrogens (tertiary/aromatic N) is 1. The van der Waals surface area contributed by atoms with Crippen molar-refractivity contribution in [3.05, 3.63) is 15.6 Å². The van der Waals surface area contributed by atoms with E-state index < -0.39 is 6.10 Å². The predicted octanol–water partition coefficient (Wildman–Crippen LogP) is 2.79. The number of aryl methyl sites for hydroxylation is 1. The Bertz CT molecular complexity index is 461. The largest absolute Gasteiger partial charge is 0.391 e. The maximum Gasteiger partial charge on any atom is 0.263 e. The van der Waals surface area contributed by atoms with Crippen molar-refractivity contribution in [1.29, 1.82) is 0 Å². The van der Waals surface area contributed by atoms with Gasteiger partial charge < -0.3 is 10.4 Å². The first kappa shape index (κ1) is 17.1. The van der Waals surface area contributed by atoms with E-state index in [0.717, 1.165) is 17.1 Å². The van der Waals surface area contributed by atoms with Gasteiger partial charge in [0, 0.05) is 13.0 Å². The third kappa shape index (κ3) is 4.87. The number of aromatic nitrogens is 1. The highest BCUT2D eigenvalue weighted by Gasteiger charge is 2.23. The zero-order valence-electron chi connectivity index (χ0n) is 13.3. The molecule has 1 heterocycles.